The lowest BCUT2D eigenvalue weighted by molar-refractivity contribution is 0.296. The van der Waals surface area contributed by atoms with Gasteiger partial charge in [-0.1, -0.05) is 47.0 Å². The topological polar surface area (TPSA) is 0 Å². The standard InChI is InChI=1S/C13H26/c1-5-6-7-8-12(10(2)3)13-9-11(13)4/h10-13H,5-9H2,1-4H3. The molecule has 0 spiro atoms. The summed E-state index contributed by atoms with van der Waals surface area (Å²) in [6.45, 7) is 9.52. The third-order valence-electron chi connectivity index (χ3n) is 3.72. The Balaban J connectivity index is 2.23. The molecule has 0 saturated heterocycles. The molecule has 0 aromatic heterocycles. The Labute approximate surface area is 84.1 Å². The fourth-order valence-electron chi connectivity index (χ4n) is 2.62. The number of hydrogen-bond donors (Lipinski definition) is 0. The monoisotopic (exact) mass is 182 g/mol. The summed E-state index contributed by atoms with van der Waals surface area (Å²) in [6, 6.07) is 0. The van der Waals surface area contributed by atoms with Gasteiger partial charge in [0.05, 0.1) is 0 Å². The minimum Gasteiger partial charge on any atom is -0.0654 e. The van der Waals surface area contributed by atoms with Crippen LogP contribution >= 0.6 is 0 Å². The summed E-state index contributed by atoms with van der Waals surface area (Å²) in [5.74, 6) is 4.05. The van der Waals surface area contributed by atoms with Gasteiger partial charge >= 0.3 is 0 Å². The van der Waals surface area contributed by atoms with Crippen LogP contribution in [0, 0.1) is 23.7 Å². The SMILES string of the molecule is CCCCCC(C(C)C)C1CC1C. The first-order chi connectivity index (χ1) is 6.16. The van der Waals surface area contributed by atoms with E-state index in [-0.39, 0.29) is 0 Å². The van der Waals surface area contributed by atoms with E-state index in [1.807, 2.05) is 0 Å². The van der Waals surface area contributed by atoms with Crippen molar-refractivity contribution in [2.24, 2.45) is 23.7 Å². The van der Waals surface area contributed by atoms with Crippen LogP contribution in [-0.4, -0.2) is 0 Å². The van der Waals surface area contributed by atoms with E-state index in [4.69, 9.17) is 0 Å². The van der Waals surface area contributed by atoms with Crippen LogP contribution in [0.4, 0.5) is 0 Å². The van der Waals surface area contributed by atoms with Crippen molar-refractivity contribution in [3.8, 4) is 0 Å². The maximum atomic E-state index is 2.42. The van der Waals surface area contributed by atoms with Gasteiger partial charge in [0.25, 0.3) is 0 Å². The van der Waals surface area contributed by atoms with Crippen molar-refractivity contribution in [1.82, 2.24) is 0 Å². The smallest absolute Gasteiger partial charge is 0.0355 e. The Kier molecular flexibility index (Phi) is 4.28. The maximum absolute atomic E-state index is 2.42. The fourth-order valence-corrected chi connectivity index (χ4v) is 2.62. The molecule has 1 rings (SSSR count). The molecule has 0 nitrogen and oxygen atoms in total. The van der Waals surface area contributed by atoms with Gasteiger partial charge in [-0.25, -0.2) is 0 Å². The average molecular weight is 182 g/mol. The molecular weight excluding hydrogens is 156 g/mol. The summed E-state index contributed by atoms with van der Waals surface area (Å²) in [6.07, 6.45) is 7.26. The van der Waals surface area contributed by atoms with Gasteiger partial charge in [0.1, 0.15) is 0 Å². The summed E-state index contributed by atoms with van der Waals surface area (Å²) >= 11 is 0. The zero-order chi connectivity index (χ0) is 9.84. The lowest BCUT2D eigenvalue weighted by atomic mass is 9.85. The summed E-state index contributed by atoms with van der Waals surface area (Å²) in [5, 5.41) is 0. The third kappa shape index (κ3) is 3.32. The normalized spacial score (nSPS) is 29.3. The van der Waals surface area contributed by atoms with Gasteiger partial charge in [0.2, 0.25) is 0 Å². The zero-order valence-corrected chi connectivity index (χ0v) is 9.84. The Morgan fingerprint density at radius 1 is 1.23 bits per heavy atom. The Hall–Kier alpha value is 0. The molecule has 0 aromatic rings. The van der Waals surface area contributed by atoms with Crippen molar-refractivity contribution in [2.45, 2.75) is 59.8 Å². The first-order valence-electron chi connectivity index (χ1n) is 6.16. The second kappa shape index (κ2) is 5.02. The van der Waals surface area contributed by atoms with E-state index in [2.05, 4.69) is 27.7 Å². The van der Waals surface area contributed by atoms with Crippen LogP contribution in [0.5, 0.6) is 0 Å². The van der Waals surface area contributed by atoms with Gasteiger partial charge in [0.15, 0.2) is 0 Å². The number of unbranched alkanes of at least 4 members (excludes halogenated alkanes) is 2. The number of rotatable bonds is 6. The molecule has 1 aliphatic carbocycles. The fraction of sp³-hybridized carbons (Fsp3) is 1.00. The molecule has 78 valence electrons. The van der Waals surface area contributed by atoms with E-state index < -0.39 is 0 Å². The molecule has 0 N–H and O–H groups in total. The maximum Gasteiger partial charge on any atom is -0.0355 e. The van der Waals surface area contributed by atoms with Crippen LogP contribution in [0.2, 0.25) is 0 Å². The summed E-state index contributed by atoms with van der Waals surface area (Å²) in [5.41, 5.74) is 0. The van der Waals surface area contributed by atoms with Gasteiger partial charge in [-0.05, 0) is 36.5 Å². The molecule has 1 saturated carbocycles. The van der Waals surface area contributed by atoms with E-state index in [1.54, 1.807) is 0 Å². The van der Waals surface area contributed by atoms with Crippen LogP contribution in [-0.2, 0) is 0 Å². The Bertz CT molecular complexity index is 137. The molecule has 0 heteroatoms. The molecule has 0 amide bonds. The Morgan fingerprint density at radius 3 is 2.23 bits per heavy atom. The summed E-state index contributed by atoms with van der Waals surface area (Å²) in [4.78, 5) is 0. The van der Waals surface area contributed by atoms with Crippen molar-refractivity contribution in [3.63, 3.8) is 0 Å². The van der Waals surface area contributed by atoms with Gasteiger partial charge in [-0.2, -0.15) is 0 Å². The zero-order valence-electron chi connectivity index (χ0n) is 9.84. The van der Waals surface area contributed by atoms with E-state index in [0.29, 0.717) is 0 Å². The van der Waals surface area contributed by atoms with Crippen LogP contribution < -0.4 is 0 Å². The van der Waals surface area contributed by atoms with Crippen LogP contribution in [0.1, 0.15) is 59.8 Å². The van der Waals surface area contributed by atoms with E-state index >= 15 is 0 Å². The van der Waals surface area contributed by atoms with Gasteiger partial charge in [-0.15, -0.1) is 0 Å². The molecular formula is C13H26. The van der Waals surface area contributed by atoms with Crippen molar-refractivity contribution in [2.75, 3.05) is 0 Å². The van der Waals surface area contributed by atoms with Crippen molar-refractivity contribution >= 4 is 0 Å². The van der Waals surface area contributed by atoms with Crippen LogP contribution in [0.15, 0.2) is 0 Å². The molecule has 0 bridgehead atoms. The van der Waals surface area contributed by atoms with Gasteiger partial charge in [0, 0.05) is 0 Å². The molecule has 0 heterocycles. The predicted octanol–water partition coefficient (Wildman–Crippen LogP) is 4.49. The van der Waals surface area contributed by atoms with Crippen molar-refractivity contribution < 1.29 is 0 Å². The molecule has 0 aliphatic heterocycles. The Morgan fingerprint density at radius 2 is 1.85 bits per heavy atom. The molecule has 1 fully saturated rings. The second-order valence-electron chi connectivity index (χ2n) is 5.28. The third-order valence-corrected chi connectivity index (χ3v) is 3.72. The lowest BCUT2D eigenvalue weighted by Gasteiger charge is -2.20. The van der Waals surface area contributed by atoms with Crippen molar-refractivity contribution in [1.29, 1.82) is 0 Å². The molecule has 1 aliphatic rings. The molecule has 13 heavy (non-hydrogen) atoms. The first kappa shape index (κ1) is 11.1. The minimum atomic E-state index is 0.909. The lowest BCUT2D eigenvalue weighted by Crippen LogP contribution is -2.12. The molecule has 0 aromatic carbocycles. The first-order valence-corrected chi connectivity index (χ1v) is 6.16. The highest BCUT2D eigenvalue weighted by Gasteiger charge is 2.39. The molecule has 0 radical (unpaired) electrons. The van der Waals surface area contributed by atoms with Gasteiger partial charge in [-0.3, -0.25) is 0 Å². The largest absolute Gasteiger partial charge is 0.0654 e. The summed E-state index contributed by atoms with van der Waals surface area (Å²) in [7, 11) is 0. The van der Waals surface area contributed by atoms with E-state index in [9.17, 15) is 0 Å². The van der Waals surface area contributed by atoms with E-state index in [1.165, 1.54) is 32.1 Å². The van der Waals surface area contributed by atoms with E-state index in [0.717, 1.165) is 23.7 Å². The second-order valence-corrected chi connectivity index (χ2v) is 5.28. The highest BCUT2D eigenvalue weighted by Crippen LogP contribution is 2.48. The van der Waals surface area contributed by atoms with Crippen LogP contribution in [0.25, 0.3) is 0 Å². The quantitative estimate of drug-likeness (QED) is 0.531. The minimum absolute atomic E-state index is 0.909. The average Bonchev–Trinajstić information content (AvgIpc) is 2.76. The van der Waals surface area contributed by atoms with Crippen LogP contribution in [0.3, 0.4) is 0 Å². The number of hydrogen-bond acceptors (Lipinski definition) is 0. The highest BCUT2D eigenvalue weighted by atomic mass is 14.4. The van der Waals surface area contributed by atoms with Gasteiger partial charge < -0.3 is 0 Å². The molecule has 3 atom stereocenters. The highest BCUT2D eigenvalue weighted by molar-refractivity contribution is 4.89. The molecule has 3 unspecified atom stereocenters. The van der Waals surface area contributed by atoms with Crippen molar-refractivity contribution in [3.05, 3.63) is 0 Å². The summed E-state index contributed by atoms with van der Waals surface area (Å²) < 4.78 is 0. The predicted molar refractivity (Wildman–Crippen MR) is 59.7 cm³/mol.